The van der Waals surface area contributed by atoms with Gasteiger partial charge < -0.3 is 9.47 Å². The second-order valence-corrected chi connectivity index (χ2v) is 10.7. The summed E-state index contributed by atoms with van der Waals surface area (Å²) < 4.78 is 57.8. The molecule has 3 aromatic rings. The van der Waals surface area contributed by atoms with Crippen molar-refractivity contribution < 1.29 is 26.3 Å². The van der Waals surface area contributed by atoms with E-state index >= 15 is 0 Å². The number of sulfone groups is 2. The summed E-state index contributed by atoms with van der Waals surface area (Å²) in [5.41, 5.74) is 0.901. The van der Waals surface area contributed by atoms with Gasteiger partial charge in [-0.3, -0.25) is 0 Å². The Hall–Kier alpha value is -2.84. The van der Waals surface area contributed by atoms with Crippen molar-refractivity contribution in [2.24, 2.45) is 0 Å². The molecule has 8 heteroatoms. The third-order valence-electron chi connectivity index (χ3n) is 4.00. The second kappa shape index (κ2) is 7.88. The molecular weight excluding hydrogens is 412 g/mol. The number of hydrogen-bond acceptors (Lipinski definition) is 6. The molecule has 3 rings (SSSR count). The van der Waals surface area contributed by atoms with E-state index in [0.29, 0.717) is 23.0 Å². The van der Waals surface area contributed by atoms with Crippen LogP contribution in [0.1, 0.15) is 5.56 Å². The fraction of sp³-hybridized carbons (Fsp3) is 0.143. The summed E-state index contributed by atoms with van der Waals surface area (Å²) in [5, 5.41) is 0. The quantitative estimate of drug-likeness (QED) is 0.574. The smallest absolute Gasteiger partial charge is 0.175 e. The highest BCUT2D eigenvalue weighted by Gasteiger charge is 2.09. The summed E-state index contributed by atoms with van der Waals surface area (Å²) in [6.07, 6.45) is 2.30. The molecule has 0 bridgehead atoms. The summed E-state index contributed by atoms with van der Waals surface area (Å²) in [7, 11) is -6.53. The average molecular weight is 433 g/mol. The number of hydrogen-bond donors (Lipinski definition) is 0. The molecule has 0 fully saturated rings. The molecular formula is C21H20O6S2. The highest BCUT2D eigenvalue weighted by Crippen LogP contribution is 2.31. The predicted octanol–water partition coefficient (Wildman–Crippen LogP) is 4.39. The van der Waals surface area contributed by atoms with E-state index in [2.05, 4.69) is 0 Å². The monoisotopic (exact) mass is 432 g/mol. The predicted molar refractivity (Wildman–Crippen MR) is 110 cm³/mol. The van der Waals surface area contributed by atoms with E-state index in [0.717, 1.165) is 18.1 Å². The molecule has 0 N–H and O–H groups in total. The SMILES string of the molecule is Cc1cc(Oc2ccc(S(C)(=O)=O)cc2)cc(Oc2ccc(S(C)(=O)=O)cc2)c1. The van der Waals surface area contributed by atoms with Crippen LogP contribution < -0.4 is 9.47 Å². The van der Waals surface area contributed by atoms with Crippen molar-refractivity contribution in [3.8, 4) is 23.0 Å². The maximum atomic E-state index is 11.6. The molecule has 6 nitrogen and oxygen atoms in total. The summed E-state index contributed by atoms with van der Waals surface area (Å²) in [5.74, 6) is 2.04. The number of rotatable bonds is 6. The Morgan fingerprint density at radius 2 is 0.897 bits per heavy atom. The maximum absolute atomic E-state index is 11.6. The van der Waals surface area contributed by atoms with Gasteiger partial charge in [-0.2, -0.15) is 0 Å². The molecule has 0 amide bonds. The van der Waals surface area contributed by atoms with Crippen LogP contribution in [0.5, 0.6) is 23.0 Å². The van der Waals surface area contributed by atoms with Crippen molar-refractivity contribution in [2.75, 3.05) is 12.5 Å². The minimum Gasteiger partial charge on any atom is -0.457 e. The van der Waals surface area contributed by atoms with Crippen LogP contribution in [0, 0.1) is 6.92 Å². The van der Waals surface area contributed by atoms with Crippen molar-refractivity contribution in [1.29, 1.82) is 0 Å². The van der Waals surface area contributed by atoms with Gasteiger partial charge in [0.05, 0.1) is 9.79 Å². The molecule has 3 aromatic carbocycles. The first-order valence-electron chi connectivity index (χ1n) is 8.58. The van der Waals surface area contributed by atoms with E-state index in [9.17, 15) is 16.8 Å². The Balaban J connectivity index is 1.79. The Morgan fingerprint density at radius 3 is 1.21 bits per heavy atom. The van der Waals surface area contributed by atoms with Gasteiger partial charge in [-0.05, 0) is 73.2 Å². The summed E-state index contributed by atoms with van der Waals surface area (Å²) >= 11 is 0. The zero-order valence-corrected chi connectivity index (χ0v) is 17.7. The molecule has 0 heterocycles. The average Bonchev–Trinajstić information content (AvgIpc) is 2.60. The summed E-state index contributed by atoms with van der Waals surface area (Å²) in [6.45, 7) is 1.89. The van der Waals surface area contributed by atoms with Crippen molar-refractivity contribution in [1.82, 2.24) is 0 Å². The molecule has 0 aliphatic heterocycles. The van der Waals surface area contributed by atoms with Crippen LogP contribution in [0.3, 0.4) is 0 Å². The minimum absolute atomic E-state index is 0.218. The zero-order valence-electron chi connectivity index (χ0n) is 16.1. The molecule has 0 saturated carbocycles. The molecule has 0 unspecified atom stereocenters. The molecule has 0 atom stereocenters. The van der Waals surface area contributed by atoms with E-state index in [1.807, 2.05) is 19.1 Å². The Labute approximate surface area is 170 Å². The van der Waals surface area contributed by atoms with E-state index in [1.165, 1.54) is 24.3 Å². The lowest BCUT2D eigenvalue weighted by atomic mass is 10.2. The second-order valence-electron chi connectivity index (χ2n) is 6.67. The van der Waals surface area contributed by atoms with Crippen LogP contribution in [0.2, 0.25) is 0 Å². The van der Waals surface area contributed by atoms with Gasteiger partial charge >= 0.3 is 0 Å². The third kappa shape index (κ3) is 5.58. The Bertz CT molecular complexity index is 1130. The van der Waals surface area contributed by atoms with Crippen molar-refractivity contribution in [2.45, 2.75) is 16.7 Å². The highest BCUT2D eigenvalue weighted by molar-refractivity contribution is 7.91. The van der Waals surface area contributed by atoms with Gasteiger partial charge in [0.2, 0.25) is 0 Å². The molecule has 0 spiro atoms. The van der Waals surface area contributed by atoms with Crippen LogP contribution in [-0.2, 0) is 19.7 Å². The third-order valence-corrected chi connectivity index (χ3v) is 6.26. The fourth-order valence-electron chi connectivity index (χ4n) is 2.61. The first kappa shape index (κ1) is 20.9. The number of ether oxygens (including phenoxy) is 2. The van der Waals surface area contributed by atoms with Crippen LogP contribution in [0.25, 0.3) is 0 Å². The standard InChI is InChI=1S/C21H20O6S2/c1-15-12-18(26-16-4-8-20(9-5-16)28(2,22)23)14-19(13-15)27-17-6-10-21(11-7-17)29(3,24)25/h4-14H,1-3H3. The van der Waals surface area contributed by atoms with Crippen molar-refractivity contribution in [3.05, 3.63) is 72.3 Å². The van der Waals surface area contributed by atoms with Gasteiger partial charge in [0.15, 0.2) is 19.7 Å². The van der Waals surface area contributed by atoms with E-state index in [1.54, 1.807) is 30.3 Å². The van der Waals surface area contributed by atoms with Gasteiger partial charge in [0.1, 0.15) is 23.0 Å². The summed E-state index contributed by atoms with van der Waals surface area (Å²) in [4.78, 5) is 0.436. The van der Waals surface area contributed by atoms with Crippen LogP contribution in [0.4, 0.5) is 0 Å². The summed E-state index contributed by atoms with van der Waals surface area (Å²) in [6, 6.07) is 17.6. The number of aryl methyl sites for hydroxylation is 1. The molecule has 0 aromatic heterocycles. The Morgan fingerprint density at radius 1 is 0.552 bits per heavy atom. The molecule has 0 radical (unpaired) electrons. The molecule has 0 aliphatic carbocycles. The lowest BCUT2D eigenvalue weighted by Gasteiger charge is -2.11. The molecule has 0 saturated heterocycles. The highest BCUT2D eigenvalue weighted by atomic mass is 32.2. The van der Waals surface area contributed by atoms with Gasteiger partial charge in [0.25, 0.3) is 0 Å². The van der Waals surface area contributed by atoms with Gasteiger partial charge in [-0.15, -0.1) is 0 Å². The largest absolute Gasteiger partial charge is 0.457 e. The maximum Gasteiger partial charge on any atom is 0.175 e. The lowest BCUT2D eigenvalue weighted by Crippen LogP contribution is -1.96. The topological polar surface area (TPSA) is 86.7 Å². The zero-order chi connectivity index (χ0) is 21.2. The van der Waals surface area contributed by atoms with Crippen LogP contribution >= 0.6 is 0 Å². The normalized spacial score (nSPS) is 11.8. The number of benzene rings is 3. The molecule has 29 heavy (non-hydrogen) atoms. The van der Waals surface area contributed by atoms with Crippen LogP contribution in [-0.4, -0.2) is 29.3 Å². The van der Waals surface area contributed by atoms with Gasteiger partial charge in [-0.25, -0.2) is 16.8 Å². The van der Waals surface area contributed by atoms with Gasteiger partial charge in [-0.1, -0.05) is 0 Å². The Kier molecular flexibility index (Phi) is 5.68. The first-order chi connectivity index (χ1) is 13.5. The molecule has 0 aliphatic rings. The van der Waals surface area contributed by atoms with E-state index < -0.39 is 19.7 Å². The fourth-order valence-corrected chi connectivity index (χ4v) is 3.87. The van der Waals surface area contributed by atoms with Gasteiger partial charge in [0, 0.05) is 18.6 Å². The van der Waals surface area contributed by atoms with E-state index in [4.69, 9.17) is 9.47 Å². The van der Waals surface area contributed by atoms with Crippen molar-refractivity contribution >= 4 is 19.7 Å². The van der Waals surface area contributed by atoms with Crippen LogP contribution in [0.15, 0.2) is 76.5 Å². The molecule has 152 valence electrons. The van der Waals surface area contributed by atoms with Crippen molar-refractivity contribution in [3.63, 3.8) is 0 Å². The first-order valence-corrected chi connectivity index (χ1v) is 12.4. The minimum atomic E-state index is -3.27. The lowest BCUT2D eigenvalue weighted by molar-refractivity contribution is 0.459. The van der Waals surface area contributed by atoms with E-state index in [-0.39, 0.29) is 9.79 Å².